The van der Waals surface area contributed by atoms with Gasteiger partial charge in [-0.15, -0.1) is 11.6 Å². The molecule has 0 saturated heterocycles. The molecule has 0 aliphatic carbocycles. The zero-order valence-electron chi connectivity index (χ0n) is 13.7. The third kappa shape index (κ3) is 6.94. The number of rotatable bonds is 9. The van der Waals surface area contributed by atoms with Crippen LogP contribution in [0.2, 0.25) is 0 Å². The Kier molecular flexibility index (Phi) is 8.66. The molecule has 1 unspecified atom stereocenters. The number of aliphatic hydroxyl groups excluding tert-OH is 1. The lowest BCUT2D eigenvalue weighted by atomic mass is 10.1. The highest BCUT2D eigenvalue weighted by molar-refractivity contribution is 6.18. The monoisotopic (exact) mass is 370 g/mol. The van der Waals surface area contributed by atoms with Crippen molar-refractivity contribution in [2.75, 3.05) is 25.7 Å². The summed E-state index contributed by atoms with van der Waals surface area (Å²) in [6.45, 7) is 4.32. The highest BCUT2D eigenvalue weighted by Gasteiger charge is 2.20. The van der Waals surface area contributed by atoms with Crippen LogP contribution in [0.25, 0.3) is 0 Å². The van der Waals surface area contributed by atoms with E-state index in [4.69, 9.17) is 25.8 Å². The molecule has 1 aromatic rings. The summed E-state index contributed by atoms with van der Waals surface area (Å²) >= 11 is 5.42. The molecule has 0 aliphatic rings. The van der Waals surface area contributed by atoms with E-state index < -0.39 is 24.0 Å². The molecular formula is C17H19ClO7. The minimum atomic E-state index is -0.993. The van der Waals surface area contributed by atoms with Crippen LogP contribution in [0.5, 0.6) is 0 Å². The van der Waals surface area contributed by atoms with E-state index in [-0.39, 0.29) is 42.4 Å². The van der Waals surface area contributed by atoms with Gasteiger partial charge < -0.3 is 19.3 Å². The summed E-state index contributed by atoms with van der Waals surface area (Å²) in [6.07, 6.45) is -0.993. The first kappa shape index (κ1) is 20.7. The third-order valence-corrected chi connectivity index (χ3v) is 3.21. The summed E-state index contributed by atoms with van der Waals surface area (Å²) in [7, 11) is 0. The highest BCUT2D eigenvalue weighted by atomic mass is 35.5. The zero-order valence-corrected chi connectivity index (χ0v) is 14.5. The van der Waals surface area contributed by atoms with Gasteiger partial charge in [0.05, 0.1) is 17.0 Å². The van der Waals surface area contributed by atoms with E-state index in [1.165, 1.54) is 19.1 Å². The Hall–Kier alpha value is -2.38. The predicted octanol–water partition coefficient (Wildman–Crippen LogP) is 1.72. The number of esters is 3. The topological polar surface area (TPSA) is 99.1 Å². The number of ether oxygens (including phenoxy) is 3. The second-order valence-corrected chi connectivity index (χ2v) is 5.31. The van der Waals surface area contributed by atoms with Crippen molar-refractivity contribution < 1.29 is 33.7 Å². The van der Waals surface area contributed by atoms with Gasteiger partial charge in [0.15, 0.2) is 0 Å². The SMILES string of the molecule is C=C(C)C(=O)OCCOC(=O)c1ccccc1C(=O)OCC(O)CCl. The van der Waals surface area contributed by atoms with Crippen LogP contribution in [0.3, 0.4) is 0 Å². The molecule has 1 N–H and O–H groups in total. The molecule has 25 heavy (non-hydrogen) atoms. The summed E-state index contributed by atoms with van der Waals surface area (Å²) in [4.78, 5) is 35.3. The van der Waals surface area contributed by atoms with Crippen molar-refractivity contribution in [3.63, 3.8) is 0 Å². The maximum atomic E-state index is 12.1. The number of alkyl halides is 1. The second kappa shape index (κ2) is 10.5. The van der Waals surface area contributed by atoms with E-state index >= 15 is 0 Å². The van der Waals surface area contributed by atoms with Gasteiger partial charge in [-0.25, -0.2) is 14.4 Å². The van der Waals surface area contributed by atoms with Crippen molar-refractivity contribution in [3.8, 4) is 0 Å². The molecule has 0 bridgehead atoms. The van der Waals surface area contributed by atoms with Gasteiger partial charge in [0.1, 0.15) is 25.9 Å². The largest absolute Gasteiger partial charge is 0.459 e. The van der Waals surface area contributed by atoms with E-state index in [1.807, 2.05) is 0 Å². The van der Waals surface area contributed by atoms with E-state index in [2.05, 4.69) is 6.58 Å². The van der Waals surface area contributed by atoms with Crippen molar-refractivity contribution in [3.05, 3.63) is 47.5 Å². The van der Waals surface area contributed by atoms with Gasteiger partial charge in [-0.05, 0) is 19.1 Å². The van der Waals surface area contributed by atoms with E-state index in [9.17, 15) is 19.5 Å². The summed E-state index contributed by atoms with van der Waals surface area (Å²) in [5.41, 5.74) is 0.228. The molecule has 136 valence electrons. The van der Waals surface area contributed by atoms with Crippen molar-refractivity contribution in [2.24, 2.45) is 0 Å². The fraction of sp³-hybridized carbons (Fsp3) is 0.353. The first-order valence-corrected chi connectivity index (χ1v) is 7.90. The summed E-state index contributed by atoms with van der Waals surface area (Å²) in [5.74, 6) is -2.22. The van der Waals surface area contributed by atoms with Crippen molar-refractivity contribution in [2.45, 2.75) is 13.0 Å². The molecule has 0 saturated carbocycles. The fourth-order valence-electron chi connectivity index (χ4n) is 1.60. The lowest BCUT2D eigenvalue weighted by molar-refractivity contribution is -0.140. The standard InChI is InChI=1S/C17H19ClO7/c1-11(2)15(20)23-7-8-24-16(21)13-5-3-4-6-14(13)17(22)25-10-12(19)9-18/h3-6,12,19H,1,7-10H2,2H3. The maximum absolute atomic E-state index is 12.1. The van der Waals surface area contributed by atoms with E-state index in [1.54, 1.807) is 12.1 Å². The summed E-state index contributed by atoms with van der Waals surface area (Å²) in [5, 5.41) is 9.31. The molecule has 1 atom stereocenters. The Morgan fingerprint density at radius 1 is 1.08 bits per heavy atom. The van der Waals surface area contributed by atoms with Crippen LogP contribution in [0.15, 0.2) is 36.4 Å². The van der Waals surface area contributed by atoms with Crippen LogP contribution in [0.1, 0.15) is 27.6 Å². The van der Waals surface area contributed by atoms with Gasteiger partial charge in [-0.1, -0.05) is 18.7 Å². The molecule has 0 spiro atoms. The number of benzene rings is 1. The molecule has 0 radical (unpaired) electrons. The molecule has 0 amide bonds. The number of halogens is 1. The number of hydrogen-bond acceptors (Lipinski definition) is 7. The zero-order chi connectivity index (χ0) is 18.8. The van der Waals surface area contributed by atoms with Crippen molar-refractivity contribution in [1.82, 2.24) is 0 Å². The van der Waals surface area contributed by atoms with Crippen LogP contribution in [0.4, 0.5) is 0 Å². The Labute approximate surface area is 150 Å². The number of carbonyl (C=O) groups excluding carboxylic acids is 3. The smallest absolute Gasteiger partial charge is 0.339 e. The maximum Gasteiger partial charge on any atom is 0.339 e. The van der Waals surface area contributed by atoms with Crippen molar-refractivity contribution >= 4 is 29.5 Å². The molecule has 0 fully saturated rings. The van der Waals surface area contributed by atoms with Crippen LogP contribution in [-0.2, 0) is 19.0 Å². The average molecular weight is 371 g/mol. The third-order valence-electron chi connectivity index (χ3n) is 2.85. The van der Waals surface area contributed by atoms with Gasteiger partial charge in [0, 0.05) is 5.57 Å². The van der Waals surface area contributed by atoms with Gasteiger partial charge in [-0.2, -0.15) is 0 Å². The number of hydrogen-bond donors (Lipinski definition) is 1. The van der Waals surface area contributed by atoms with Crippen LogP contribution in [0, 0.1) is 0 Å². The quantitative estimate of drug-likeness (QED) is 0.232. The molecule has 1 aromatic carbocycles. The predicted molar refractivity (Wildman–Crippen MR) is 89.5 cm³/mol. The Morgan fingerprint density at radius 3 is 2.12 bits per heavy atom. The molecule has 8 heteroatoms. The molecular weight excluding hydrogens is 352 g/mol. The van der Waals surface area contributed by atoms with E-state index in [0.29, 0.717) is 0 Å². The van der Waals surface area contributed by atoms with Crippen molar-refractivity contribution in [1.29, 1.82) is 0 Å². The second-order valence-electron chi connectivity index (χ2n) is 5.00. The van der Waals surface area contributed by atoms with Crippen LogP contribution in [-0.4, -0.2) is 54.8 Å². The van der Waals surface area contributed by atoms with Gasteiger partial charge in [-0.3, -0.25) is 0 Å². The van der Waals surface area contributed by atoms with Crippen LogP contribution < -0.4 is 0 Å². The minimum Gasteiger partial charge on any atom is -0.459 e. The Balaban J connectivity index is 2.62. The normalized spacial score (nSPS) is 11.3. The molecule has 7 nitrogen and oxygen atoms in total. The first-order valence-electron chi connectivity index (χ1n) is 7.36. The fourth-order valence-corrected chi connectivity index (χ4v) is 1.69. The minimum absolute atomic E-state index is 0.000842. The molecule has 0 aromatic heterocycles. The number of aliphatic hydroxyl groups is 1. The Bertz CT molecular complexity index is 642. The molecule has 0 aliphatic heterocycles. The summed E-state index contributed by atoms with van der Waals surface area (Å²) in [6, 6.07) is 5.91. The first-order chi connectivity index (χ1) is 11.9. The highest BCUT2D eigenvalue weighted by Crippen LogP contribution is 2.12. The average Bonchev–Trinajstić information content (AvgIpc) is 2.62. The Morgan fingerprint density at radius 2 is 1.60 bits per heavy atom. The number of carbonyl (C=O) groups is 3. The lowest BCUT2D eigenvalue weighted by Gasteiger charge is -2.11. The lowest BCUT2D eigenvalue weighted by Crippen LogP contribution is -2.22. The molecule has 1 rings (SSSR count). The summed E-state index contributed by atoms with van der Waals surface area (Å²) < 4.78 is 14.7. The van der Waals surface area contributed by atoms with Gasteiger partial charge in [0.2, 0.25) is 0 Å². The molecule has 0 heterocycles. The van der Waals surface area contributed by atoms with Crippen LogP contribution >= 0.6 is 11.6 Å². The van der Waals surface area contributed by atoms with Gasteiger partial charge in [0.25, 0.3) is 0 Å². The van der Waals surface area contributed by atoms with Gasteiger partial charge >= 0.3 is 17.9 Å². The van der Waals surface area contributed by atoms with E-state index in [0.717, 1.165) is 0 Å².